The van der Waals surface area contributed by atoms with Gasteiger partial charge in [0.2, 0.25) is 5.91 Å². The van der Waals surface area contributed by atoms with Crippen LogP contribution in [0.4, 0.5) is 0 Å². The van der Waals surface area contributed by atoms with Crippen molar-refractivity contribution in [3.05, 3.63) is 35.4 Å². The SMILES string of the molecule is O=C(C1CCc2ccccc2C1)N1CCC(CBr)C1. The molecule has 2 nitrogen and oxygen atoms in total. The molecule has 102 valence electrons. The van der Waals surface area contributed by atoms with E-state index in [9.17, 15) is 4.79 Å². The number of aryl methyl sites for hydroxylation is 1. The molecule has 3 rings (SSSR count). The van der Waals surface area contributed by atoms with E-state index in [-0.39, 0.29) is 5.92 Å². The summed E-state index contributed by atoms with van der Waals surface area (Å²) < 4.78 is 0. The summed E-state index contributed by atoms with van der Waals surface area (Å²) >= 11 is 3.53. The Morgan fingerprint density at radius 2 is 2.05 bits per heavy atom. The third-order valence-electron chi connectivity index (χ3n) is 4.51. The van der Waals surface area contributed by atoms with Crippen molar-refractivity contribution >= 4 is 21.8 Å². The predicted octanol–water partition coefficient (Wildman–Crippen LogP) is 3.03. The van der Waals surface area contributed by atoms with Gasteiger partial charge >= 0.3 is 0 Å². The standard InChI is InChI=1S/C16H20BrNO/c17-10-12-7-8-18(11-12)16(19)15-6-5-13-3-1-2-4-14(13)9-15/h1-4,12,15H,5-11H2. The van der Waals surface area contributed by atoms with Gasteiger partial charge in [0.1, 0.15) is 0 Å². The van der Waals surface area contributed by atoms with E-state index in [0.29, 0.717) is 11.8 Å². The Bertz CT molecular complexity index is 474. The third-order valence-corrected chi connectivity index (χ3v) is 5.43. The molecule has 1 fully saturated rings. The van der Waals surface area contributed by atoms with E-state index in [1.807, 2.05) is 0 Å². The number of carbonyl (C=O) groups is 1. The third kappa shape index (κ3) is 2.71. The zero-order valence-electron chi connectivity index (χ0n) is 11.1. The minimum absolute atomic E-state index is 0.212. The second kappa shape index (κ2) is 5.66. The first-order chi connectivity index (χ1) is 9.28. The summed E-state index contributed by atoms with van der Waals surface area (Å²) in [6.07, 6.45) is 4.17. The molecule has 0 bridgehead atoms. The van der Waals surface area contributed by atoms with Gasteiger partial charge < -0.3 is 4.90 Å². The number of nitrogens with zero attached hydrogens (tertiary/aromatic N) is 1. The molecule has 2 unspecified atom stereocenters. The molecule has 0 saturated carbocycles. The molecule has 1 aromatic carbocycles. The zero-order valence-corrected chi connectivity index (χ0v) is 12.7. The van der Waals surface area contributed by atoms with Crippen LogP contribution >= 0.6 is 15.9 Å². The lowest BCUT2D eigenvalue weighted by atomic mass is 9.83. The fourth-order valence-corrected chi connectivity index (χ4v) is 3.85. The van der Waals surface area contributed by atoms with Crippen LogP contribution < -0.4 is 0 Å². The first-order valence-corrected chi connectivity index (χ1v) is 8.31. The normalized spacial score (nSPS) is 26.3. The second-order valence-corrected chi connectivity index (χ2v) is 6.45. The van der Waals surface area contributed by atoms with E-state index in [0.717, 1.165) is 44.1 Å². The molecule has 2 aliphatic rings. The maximum absolute atomic E-state index is 12.6. The van der Waals surface area contributed by atoms with Gasteiger partial charge in [-0.15, -0.1) is 0 Å². The molecule has 0 radical (unpaired) electrons. The largest absolute Gasteiger partial charge is 0.342 e. The number of fused-ring (bicyclic) bond motifs is 1. The number of halogens is 1. The van der Waals surface area contributed by atoms with Crippen molar-refractivity contribution in [1.82, 2.24) is 4.90 Å². The number of amides is 1. The quantitative estimate of drug-likeness (QED) is 0.767. The first kappa shape index (κ1) is 13.2. The average molecular weight is 322 g/mol. The molecule has 1 aliphatic carbocycles. The van der Waals surface area contributed by atoms with E-state index in [1.165, 1.54) is 11.1 Å². The Kier molecular flexibility index (Phi) is 3.92. The lowest BCUT2D eigenvalue weighted by molar-refractivity contribution is -0.134. The van der Waals surface area contributed by atoms with Crippen LogP contribution in [0.2, 0.25) is 0 Å². The van der Waals surface area contributed by atoms with Crippen LogP contribution in [0.1, 0.15) is 24.0 Å². The summed E-state index contributed by atoms with van der Waals surface area (Å²) in [4.78, 5) is 14.7. The summed E-state index contributed by atoms with van der Waals surface area (Å²) in [5, 5.41) is 1.02. The Morgan fingerprint density at radius 1 is 1.26 bits per heavy atom. The van der Waals surface area contributed by atoms with Gasteiger partial charge in [-0.1, -0.05) is 40.2 Å². The van der Waals surface area contributed by atoms with Crippen LogP contribution in [0.15, 0.2) is 24.3 Å². The topological polar surface area (TPSA) is 20.3 Å². The maximum Gasteiger partial charge on any atom is 0.226 e. The van der Waals surface area contributed by atoms with E-state index in [1.54, 1.807) is 0 Å². The Labute approximate surface area is 123 Å². The lowest BCUT2D eigenvalue weighted by Crippen LogP contribution is -2.37. The number of likely N-dealkylation sites (tertiary alicyclic amines) is 1. The molecule has 0 spiro atoms. The molecule has 1 heterocycles. The van der Waals surface area contributed by atoms with E-state index in [4.69, 9.17) is 0 Å². The molecular weight excluding hydrogens is 302 g/mol. The number of hydrogen-bond donors (Lipinski definition) is 0. The molecule has 0 N–H and O–H groups in total. The highest BCUT2D eigenvalue weighted by Crippen LogP contribution is 2.28. The highest BCUT2D eigenvalue weighted by molar-refractivity contribution is 9.09. The van der Waals surface area contributed by atoms with E-state index >= 15 is 0 Å². The Balaban J connectivity index is 1.66. The van der Waals surface area contributed by atoms with Crippen molar-refractivity contribution in [3.8, 4) is 0 Å². The predicted molar refractivity (Wildman–Crippen MR) is 80.4 cm³/mol. The van der Waals surface area contributed by atoms with Gasteiger partial charge in [-0.2, -0.15) is 0 Å². The number of hydrogen-bond acceptors (Lipinski definition) is 1. The summed E-state index contributed by atoms with van der Waals surface area (Å²) in [5.74, 6) is 1.25. The Hall–Kier alpha value is -0.830. The fraction of sp³-hybridized carbons (Fsp3) is 0.562. The molecule has 0 aromatic heterocycles. The number of benzene rings is 1. The van der Waals surface area contributed by atoms with Crippen molar-refractivity contribution < 1.29 is 4.79 Å². The fourth-order valence-electron chi connectivity index (χ4n) is 3.33. The lowest BCUT2D eigenvalue weighted by Gasteiger charge is -2.27. The van der Waals surface area contributed by atoms with Crippen LogP contribution in [0, 0.1) is 11.8 Å². The van der Waals surface area contributed by atoms with Gasteiger partial charge in [0, 0.05) is 24.3 Å². The molecule has 19 heavy (non-hydrogen) atoms. The van der Waals surface area contributed by atoms with Gasteiger partial charge in [-0.05, 0) is 42.7 Å². The summed E-state index contributed by atoms with van der Waals surface area (Å²) in [6.45, 7) is 1.90. The van der Waals surface area contributed by atoms with Crippen LogP contribution in [0.5, 0.6) is 0 Å². The van der Waals surface area contributed by atoms with E-state index in [2.05, 4.69) is 45.1 Å². The molecule has 1 saturated heterocycles. The van der Waals surface area contributed by atoms with Crippen LogP contribution in [0.3, 0.4) is 0 Å². The highest BCUT2D eigenvalue weighted by atomic mass is 79.9. The number of carbonyl (C=O) groups excluding carboxylic acids is 1. The molecule has 2 atom stereocenters. The average Bonchev–Trinajstić information content (AvgIpc) is 2.95. The highest BCUT2D eigenvalue weighted by Gasteiger charge is 2.32. The molecular formula is C16H20BrNO. The van der Waals surface area contributed by atoms with Crippen molar-refractivity contribution in [2.45, 2.75) is 25.7 Å². The van der Waals surface area contributed by atoms with E-state index < -0.39 is 0 Å². The van der Waals surface area contributed by atoms with Gasteiger partial charge in [0.15, 0.2) is 0 Å². The van der Waals surface area contributed by atoms with Gasteiger partial charge in [-0.25, -0.2) is 0 Å². The van der Waals surface area contributed by atoms with Crippen molar-refractivity contribution in [2.75, 3.05) is 18.4 Å². The second-order valence-electron chi connectivity index (χ2n) is 5.80. The van der Waals surface area contributed by atoms with Crippen LogP contribution in [-0.2, 0) is 17.6 Å². The number of alkyl halides is 1. The van der Waals surface area contributed by atoms with Crippen LogP contribution in [-0.4, -0.2) is 29.2 Å². The first-order valence-electron chi connectivity index (χ1n) is 7.19. The molecule has 1 aliphatic heterocycles. The molecule has 1 aromatic rings. The monoisotopic (exact) mass is 321 g/mol. The molecule has 1 amide bonds. The van der Waals surface area contributed by atoms with Gasteiger partial charge in [0.05, 0.1) is 0 Å². The van der Waals surface area contributed by atoms with Crippen molar-refractivity contribution in [2.24, 2.45) is 11.8 Å². The minimum atomic E-state index is 0.212. The zero-order chi connectivity index (χ0) is 13.2. The summed E-state index contributed by atoms with van der Waals surface area (Å²) in [5.41, 5.74) is 2.81. The smallest absolute Gasteiger partial charge is 0.226 e. The van der Waals surface area contributed by atoms with Crippen molar-refractivity contribution in [3.63, 3.8) is 0 Å². The Morgan fingerprint density at radius 3 is 2.79 bits per heavy atom. The van der Waals surface area contributed by atoms with Gasteiger partial charge in [0.25, 0.3) is 0 Å². The number of rotatable bonds is 2. The maximum atomic E-state index is 12.6. The molecule has 3 heteroatoms. The summed E-state index contributed by atoms with van der Waals surface area (Å²) in [7, 11) is 0. The minimum Gasteiger partial charge on any atom is -0.342 e. The summed E-state index contributed by atoms with van der Waals surface area (Å²) in [6, 6.07) is 8.57. The van der Waals surface area contributed by atoms with Crippen LogP contribution in [0.25, 0.3) is 0 Å². The van der Waals surface area contributed by atoms with Crippen molar-refractivity contribution in [1.29, 1.82) is 0 Å². The van der Waals surface area contributed by atoms with Gasteiger partial charge in [-0.3, -0.25) is 4.79 Å².